The van der Waals surface area contributed by atoms with Gasteiger partial charge in [-0.15, -0.1) is 0 Å². The van der Waals surface area contributed by atoms with Gasteiger partial charge in [0.2, 0.25) is 4.80 Å². The molecule has 2 aromatic rings. The Morgan fingerprint density at radius 1 is 1.34 bits per heavy atom. The highest BCUT2D eigenvalue weighted by molar-refractivity contribution is 7.06. The average Bonchev–Trinajstić information content (AvgIpc) is 3.01. The topological polar surface area (TPSA) is 84.1 Å². The van der Waals surface area contributed by atoms with E-state index in [9.17, 15) is 14.0 Å². The number of halogens is 2. The van der Waals surface area contributed by atoms with Gasteiger partial charge in [-0.2, -0.15) is 0 Å². The number of aromatic nitrogens is 2. The summed E-state index contributed by atoms with van der Waals surface area (Å²) in [5.74, 6) is -0.944. The van der Waals surface area contributed by atoms with Gasteiger partial charge in [0.05, 0.1) is 18.1 Å². The molecule has 2 heterocycles. The van der Waals surface area contributed by atoms with E-state index in [1.165, 1.54) is 13.2 Å². The number of esters is 1. The Morgan fingerprint density at radius 2 is 2.07 bits per heavy atom. The van der Waals surface area contributed by atoms with Crippen LogP contribution in [0.25, 0.3) is 0 Å². The zero-order valence-electron chi connectivity index (χ0n) is 16.0. The maximum absolute atomic E-state index is 14.4. The van der Waals surface area contributed by atoms with Crippen LogP contribution in [0.2, 0.25) is 5.02 Å². The summed E-state index contributed by atoms with van der Waals surface area (Å²) in [5, 5.41) is 0.0554. The van der Waals surface area contributed by atoms with Gasteiger partial charge in [-0.25, -0.2) is 14.1 Å². The summed E-state index contributed by atoms with van der Waals surface area (Å²) in [5.41, 5.74) is 0.00250. The molecule has 0 saturated carbocycles. The number of rotatable bonds is 7. The molecule has 1 aromatic carbocycles. The lowest BCUT2D eigenvalue weighted by molar-refractivity contribution is -0.170. The van der Waals surface area contributed by atoms with Gasteiger partial charge in [0.15, 0.2) is 12.1 Å². The van der Waals surface area contributed by atoms with E-state index in [4.69, 9.17) is 25.8 Å². The van der Waals surface area contributed by atoms with Crippen molar-refractivity contribution < 1.29 is 23.4 Å². The van der Waals surface area contributed by atoms with E-state index in [0.29, 0.717) is 17.9 Å². The van der Waals surface area contributed by atoms with E-state index >= 15 is 0 Å². The van der Waals surface area contributed by atoms with Gasteiger partial charge in [0, 0.05) is 26.3 Å². The standard InChI is InChI=1S/C18H21ClFN3O5S/c1-11(26-2)28-16(24)5-8-27-15-10-14(13(20)9-12(15)19)21-17-22-6-3-4-7-23(22)18(25)29-17/h9-11H,3-8H2,1-2H3. The van der Waals surface area contributed by atoms with Crippen LogP contribution < -0.4 is 14.4 Å². The van der Waals surface area contributed by atoms with Crippen molar-refractivity contribution in [2.75, 3.05) is 13.7 Å². The van der Waals surface area contributed by atoms with Crippen molar-refractivity contribution in [1.29, 1.82) is 0 Å². The van der Waals surface area contributed by atoms with Gasteiger partial charge in [0.25, 0.3) is 0 Å². The molecule has 1 aliphatic rings. The van der Waals surface area contributed by atoms with Crippen molar-refractivity contribution in [2.24, 2.45) is 4.99 Å². The molecule has 158 valence electrons. The number of carbonyl (C=O) groups excluding carboxylic acids is 1. The summed E-state index contributed by atoms with van der Waals surface area (Å²) < 4.78 is 33.1. The molecule has 1 aliphatic heterocycles. The lowest BCUT2D eigenvalue weighted by Gasteiger charge is -2.15. The van der Waals surface area contributed by atoms with Crippen molar-refractivity contribution in [3.63, 3.8) is 0 Å². The number of methoxy groups -OCH3 is 1. The molecule has 1 unspecified atom stereocenters. The predicted molar refractivity (Wildman–Crippen MR) is 105 cm³/mol. The highest BCUT2D eigenvalue weighted by Crippen LogP contribution is 2.32. The molecule has 8 nitrogen and oxygen atoms in total. The molecule has 0 fully saturated rings. The van der Waals surface area contributed by atoms with Crippen LogP contribution >= 0.6 is 22.9 Å². The van der Waals surface area contributed by atoms with Crippen molar-refractivity contribution >= 4 is 34.6 Å². The first kappa shape index (κ1) is 21.5. The number of nitrogens with zero attached hydrogens (tertiary/aromatic N) is 3. The van der Waals surface area contributed by atoms with Gasteiger partial charge in [0.1, 0.15) is 11.4 Å². The van der Waals surface area contributed by atoms with Crippen LogP contribution in [0.15, 0.2) is 21.9 Å². The zero-order chi connectivity index (χ0) is 21.0. The maximum Gasteiger partial charge on any atom is 0.325 e. The third kappa shape index (κ3) is 5.26. The zero-order valence-corrected chi connectivity index (χ0v) is 17.6. The van der Waals surface area contributed by atoms with Crippen LogP contribution in [0.3, 0.4) is 0 Å². The minimum absolute atomic E-state index is 0.00250. The average molecular weight is 446 g/mol. The Bertz CT molecular complexity index is 1020. The second-order valence-electron chi connectivity index (χ2n) is 6.34. The predicted octanol–water partition coefficient (Wildman–Crippen LogP) is 2.83. The van der Waals surface area contributed by atoms with Gasteiger partial charge in [-0.05, 0) is 37.2 Å². The minimum Gasteiger partial charge on any atom is -0.491 e. The molecule has 0 saturated heterocycles. The van der Waals surface area contributed by atoms with E-state index < -0.39 is 18.1 Å². The number of carbonyl (C=O) groups is 1. The molecule has 0 radical (unpaired) electrons. The van der Waals surface area contributed by atoms with Gasteiger partial charge in [-0.1, -0.05) is 11.6 Å². The highest BCUT2D eigenvalue weighted by atomic mass is 35.5. The van der Waals surface area contributed by atoms with E-state index in [-0.39, 0.29) is 34.4 Å². The smallest absolute Gasteiger partial charge is 0.325 e. The lowest BCUT2D eigenvalue weighted by atomic mass is 10.3. The lowest BCUT2D eigenvalue weighted by Crippen LogP contribution is -2.31. The SMILES string of the molecule is COC(C)OC(=O)CCOc1cc(N=c2sc(=O)n3n2CCCC3)c(F)cc1Cl. The molecule has 1 atom stereocenters. The molecule has 0 bridgehead atoms. The monoisotopic (exact) mass is 445 g/mol. The second-order valence-corrected chi connectivity index (χ2v) is 7.67. The van der Waals surface area contributed by atoms with Crippen molar-refractivity contribution in [3.8, 4) is 5.75 Å². The van der Waals surface area contributed by atoms with Gasteiger partial charge in [-0.3, -0.25) is 14.3 Å². The first-order valence-corrected chi connectivity index (χ1v) is 10.3. The molecule has 3 rings (SSSR count). The molecule has 0 amide bonds. The molecule has 11 heteroatoms. The Balaban J connectivity index is 1.78. The maximum atomic E-state index is 14.4. The number of ether oxygens (including phenoxy) is 3. The summed E-state index contributed by atoms with van der Waals surface area (Å²) in [6.45, 7) is 2.86. The number of hydrogen-bond donors (Lipinski definition) is 0. The van der Waals surface area contributed by atoms with Gasteiger partial charge < -0.3 is 14.2 Å². The van der Waals surface area contributed by atoms with Gasteiger partial charge >= 0.3 is 10.8 Å². The minimum atomic E-state index is -0.652. The Morgan fingerprint density at radius 3 is 2.79 bits per heavy atom. The van der Waals surface area contributed by atoms with Crippen molar-refractivity contribution in [3.05, 3.63) is 37.4 Å². The first-order chi connectivity index (χ1) is 13.9. The van der Waals surface area contributed by atoms with E-state index in [2.05, 4.69) is 4.99 Å². The van der Waals surface area contributed by atoms with Crippen LogP contribution in [0.4, 0.5) is 10.1 Å². The third-order valence-electron chi connectivity index (χ3n) is 4.30. The molecule has 0 spiro atoms. The fraction of sp³-hybridized carbons (Fsp3) is 0.500. The number of hydrogen-bond acceptors (Lipinski definition) is 7. The fourth-order valence-corrected chi connectivity index (χ4v) is 3.87. The van der Waals surface area contributed by atoms with Crippen LogP contribution in [-0.2, 0) is 27.4 Å². The van der Waals surface area contributed by atoms with E-state index in [1.54, 1.807) is 16.3 Å². The molecule has 1 aromatic heterocycles. The summed E-state index contributed by atoms with van der Waals surface area (Å²) in [6, 6.07) is 2.45. The Hall–Kier alpha value is -2.17. The van der Waals surface area contributed by atoms with E-state index in [1.807, 2.05) is 0 Å². The Kier molecular flexibility index (Phi) is 7.09. The summed E-state index contributed by atoms with van der Waals surface area (Å²) in [6.07, 6.45) is 1.17. The quantitative estimate of drug-likeness (QED) is 0.483. The number of benzene rings is 1. The Labute approximate surface area is 175 Å². The highest BCUT2D eigenvalue weighted by Gasteiger charge is 2.15. The molecular formula is C18H21ClFN3O5S. The summed E-state index contributed by atoms with van der Waals surface area (Å²) in [4.78, 5) is 28.4. The van der Waals surface area contributed by atoms with Crippen LogP contribution in [-0.4, -0.2) is 35.3 Å². The van der Waals surface area contributed by atoms with Crippen molar-refractivity contribution in [2.45, 2.75) is 45.6 Å². The fourth-order valence-electron chi connectivity index (χ4n) is 2.77. The first-order valence-electron chi connectivity index (χ1n) is 9.08. The number of fused-ring (bicyclic) bond motifs is 1. The summed E-state index contributed by atoms with van der Waals surface area (Å²) in [7, 11) is 1.43. The van der Waals surface area contributed by atoms with Crippen LogP contribution in [0.5, 0.6) is 5.75 Å². The van der Waals surface area contributed by atoms with Crippen LogP contribution in [0.1, 0.15) is 26.2 Å². The van der Waals surface area contributed by atoms with Crippen molar-refractivity contribution in [1.82, 2.24) is 9.36 Å². The summed E-state index contributed by atoms with van der Waals surface area (Å²) >= 11 is 7.01. The van der Waals surface area contributed by atoms with Crippen LogP contribution in [0, 0.1) is 5.82 Å². The molecular weight excluding hydrogens is 425 g/mol. The molecule has 0 aliphatic carbocycles. The largest absolute Gasteiger partial charge is 0.491 e. The molecule has 0 N–H and O–H groups in total. The van der Waals surface area contributed by atoms with E-state index in [0.717, 1.165) is 30.2 Å². The second kappa shape index (κ2) is 9.55. The normalized spacial score (nSPS) is 15.1. The molecule has 29 heavy (non-hydrogen) atoms. The third-order valence-corrected chi connectivity index (χ3v) is 5.47.